The molecule has 22 heavy (non-hydrogen) atoms. The van der Waals surface area contributed by atoms with Gasteiger partial charge in [-0.2, -0.15) is 0 Å². The van der Waals surface area contributed by atoms with Gasteiger partial charge in [0.1, 0.15) is 29.6 Å². The van der Waals surface area contributed by atoms with Crippen LogP contribution in [-0.4, -0.2) is 7.11 Å². The van der Waals surface area contributed by atoms with E-state index in [0.717, 1.165) is 46.2 Å². The van der Waals surface area contributed by atoms with Crippen molar-refractivity contribution >= 4 is 11.1 Å². The van der Waals surface area contributed by atoms with Gasteiger partial charge >= 0.3 is 0 Å². The highest BCUT2D eigenvalue weighted by Crippen LogP contribution is 2.43. The molecule has 0 fully saturated rings. The normalized spacial score (nSPS) is 16.0. The average molecular weight is 294 g/mol. The average Bonchev–Trinajstić information content (AvgIpc) is 2.87. The molecule has 0 radical (unpaired) electrons. The molecule has 0 unspecified atom stereocenters. The van der Waals surface area contributed by atoms with E-state index >= 15 is 0 Å². The van der Waals surface area contributed by atoms with E-state index in [9.17, 15) is 0 Å². The minimum Gasteiger partial charge on any atom is -0.497 e. The van der Waals surface area contributed by atoms with Crippen molar-refractivity contribution in [2.24, 2.45) is 0 Å². The van der Waals surface area contributed by atoms with Crippen LogP contribution in [0.3, 0.4) is 0 Å². The number of aryl methyl sites for hydroxylation is 1. The summed E-state index contributed by atoms with van der Waals surface area (Å²) in [5, 5.41) is 0. The van der Waals surface area contributed by atoms with Crippen LogP contribution in [0.2, 0.25) is 0 Å². The third-order valence-corrected chi connectivity index (χ3v) is 4.36. The van der Waals surface area contributed by atoms with Gasteiger partial charge in [0.25, 0.3) is 0 Å². The Morgan fingerprint density at radius 3 is 2.77 bits per heavy atom. The summed E-state index contributed by atoms with van der Waals surface area (Å²) in [6.07, 6.45) is 3.01. The smallest absolute Gasteiger partial charge is 0.145 e. The van der Waals surface area contributed by atoms with Crippen molar-refractivity contribution in [3.63, 3.8) is 0 Å². The van der Waals surface area contributed by atoms with E-state index in [1.54, 1.807) is 7.11 Å². The predicted molar refractivity (Wildman–Crippen MR) is 85.5 cm³/mol. The lowest BCUT2D eigenvalue weighted by Crippen LogP contribution is -2.08. The molecule has 0 saturated heterocycles. The van der Waals surface area contributed by atoms with E-state index in [1.807, 2.05) is 19.1 Å². The van der Waals surface area contributed by atoms with Gasteiger partial charge in [-0.3, -0.25) is 0 Å². The highest BCUT2D eigenvalue weighted by Gasteiger charge is 2.28. The van der Waals surface area contributed by atoms with Gasteiger partial charge in [0.05, 0.1) is 12.7 Å². The summed E-state index contributed by atoms with van der Waals surface area (Å²) in [4.78, 5) is 0. The third kappa shape index (κ3) is 1.89. The molecule has 112 valence electrons. The fraction of sp³-hybridized carbons (Fsp3) is 0.263. The Hall–Kier alpha value is -2.42. The molecule has 1 aliphatic heterocycles. The molecule has 0 saturated carbocycles. The minimum absolute atomic E-state index is 0.577. The van der Waals surface area contributed by atoms with Crippen LogP contribution in [0.15, 0.2) is 40.5 Å². The molecule has 1 aromatic heterocycles. The van der Waals surface area contributed by atoms with Crippen LogP contribution in [-0.2, 0) is 11.3 Å². The predicted octanol–water partition coefficient (Wildman–Crippen LogP) is 4.69. The summed E-state index contributed by atoms with van der Waals surface area (Å²) < 4.78 is 17.4. The zero-order valence-electron chi connectivity index (χ0n) is 13.0. The first kappa shape index (κ1) is 13.3. The molecule has 2 aliphatic rings. The van der Waals surface area contributed by atoms with Gasteiger partial charge in [-0.15, -0.1) is 0 Å². The maximum absolute atomic E-state index is 6.03. The Balaban J connectivity index is 1.96. The second kappa shape index (κ2) is 4.80. The van der Waals surface area contributed by atoms with Crippen molar-refractivity contribution in [3.05, 3.63) is 64.3 Å². The molecule has 3 nitrogen and oxygen atoms in total. The molecule has 0 atom stereocenters. The van der Waals surface area contributed by atoms with Crippen LogP contribution >= 0.6 is 0 Å². The second-order valence-electron chi connectivity index (χ2n) is 5.80. The zero-order chi connectivity index (χ0) is 15.3. The first-order chi connectivity index (χ1) is 10.7. The van der Waals surface area contributed by atoms with Crippen molar-refractivity contribution < 1.29 is 13.9 Å². The third-order valence-electron chi connectivity index (χ3n) is 4.36. The number of hydrogen-bond acceptors (Lipinski definition) is 3. The van der Waals surface area contributed by atoms with Crippen molar-refractivity contribution in [1.82, 2.24) is 0 Å². The van der Waals surface area contributed by atoms with Gasteiger partial charge < -0.3 is 13.9 Å². The van der Waals surface area contributed by atoms with Gasteiger partial charge in [0.2, 0.25) is 0 Å². The molecular formula is C19H18O3. The summed E-state index contributed by atoms with van der Waals surface area (Å²) in [6, 6.07) is 8.25. The Morgan fingerprint density at radius 1 is 1.09 bits per heavy atom. The van der Waals surface area contributed by atoms with E-state index in [-0.39, 0.29) is 0 Å². The molecule has 0 amide bonds. The fourth-order valence-electron chi connectivity index (χ4n) is 3.21. The number of allylic oxidation sites excluding steroid dienone is 2. The highest BCUT2D eigenvalue weighted by molar-refractivity contribution is 5.89. The summed E-state index contributed by atoms with van der Waals surface area (Å²) in [5.41, 5.74) is 5.80. The largest absolute Gasteiger partial charge is 0.497 e. The fourth-order valence-corrected chi connectivity index (χ4v) is 3.21. The van der Waals surface area contributed by atoms with Crippen LogP contribution in [0.1, 0.15) is 41.6 Å². The van der Waals surface area contributed by atoms with Crippen LogP contribution in [0.5, 0.6) is 5.75 Å². The van der Waals surface area contributed by atoms with Gasteiger partial charge in [-0.1, -0.05) is 12.1 Å². The number of furan rings is 1. The number of hydrogen-bond donors (Lipinski definition) is 0. The monoisotopic (exact) mass is 294 g/mol. The molecule has 2 aromatic rings. The van der Waals surface area contributed by atoms with E-state index < -0.39 is 0 Å². The Labute approximate surface area is 129 Å². The molecule has 0 spiro atoms. The molecule has 1 aliphatic carbocycles. The molecule has 0 bridgehead atoms. The number of benzene rings is 1. The molecular weight excluding hydrogens is 276 g/mol. The van der Waals surface area contributed by atoms with E-state index in [2.05, 4.69) is 25.1 Å². The Bertz CT molecular complexity index is 821. The van der Waals surface area contributed by atoms with E-state index in [0.29, 0.717) is 6.61 Å². The summed E-state index contributed by atoms with van der Waals surface area (Å²) >= 11 is 0. The quantitative estimate of drug-likeness (QED) is 0.764. The topological polar surface area (TPSA) is 31.6 Å². The molecule has 4 rings (SSSR count). The molecule has 3 heteroatoms. The lowest BCUT2D eigenvalue weighted by molar-refractivity contribution is 0.190. The number of methoxy groups -OCH3 is 1. The van der Waals surface area contributed by atoms with Crippen LogP contribution < -0.4 is 4.74 Å². The second-order valence-corrected chi connectivity index (χ2v) is 5.80. The Kier molecular flexibility index (Phi) is 2.89. The number of rotatable bonds is 1. The van der Waals surface area contributed by atoms with Crippen molar-refractivity contribution in [2.45, 2.75) is 26.9 Å². The SMILES string of the molecule is COc1ccc2c(c1)COC1=C2c2oc(C)cc2C(C)=CC1. The van der Waals surface area contributed by atoms with Crippen molar-refractivity contribution in [1.29, 1.82) is 0 Å². The van der Waals surface area contributed by atoms with Gasteiger partial charge in [0, 0.05) is 17.5 Å². The lowest BCUT2D eigenvalue weighted by Gasteiger charge is -2.23. The van der Waals surface area contributed by atoms with Crippen LogP contribution in [0.25, 0.3) is 11.1 Å². The maximum Gasteiger partial charge on any atom is 0.145 e. The first-order valence-electron chi connectivity index (χ1n) is 7.48. The summed E-state index contributed by atoms with van der Waals surface area (Å²) in [6.45, 7) is 4.69. The van der Waals surface area contributed by atoms with E-state index in [4.69, 9.17) is 13.9 Å². The molecule has 2 heterocycles. The maximum atomic E-state index is 6.03. The number of fused-ring (bicyclic) bond motifs is 4. The van der Waals surface area contributed by atoms with Gasteiger partial charge in [-0.05, 0) is 43.2 Å². The first-order valence-corrected chi connectivity index (χ1v) is 7.48. The van der Waals surface area contributed by atoms with Crippen molar-refractivity contribution in [3.8, 4) is 5.75 Å². The molecule has 1 aromatic carbocycles. The lowest BCUT2D eigenvalue weighted by atomic mass is 9.93. The van der Waals surface area contributed by atoms with Gasteiger partial charge in [-0.25, -0.2) is 0 Å². The van der Waals surface area contributed by atoms with Crippen LogP contribution in [0.4, 0.5) is 0 Å². The van der Waals surface area contributed by atoms with Gasteiger partial charge in [0.15, 0.2) is 0 Å². The minimum atomic E-state index is 0.577. The standard InChI is InChI=1S/C19H18O3/c1-11-4-7-17-18(19-16(11)8-12(2)22-19)15-6-5-14(20-3)9-13(15)10-21-17/h4-6,8-9H,7,10H2,1-3H3. The summed E-state index contributed by atoms with van der Waals surface area (Å²) in [5.74, 6) is 3.69. The summed E-state index contributed by atoms with van der Waals surface area (Å²) in [7, 11) is 1.68. The van der Waals surface area contributed by atoms with Crippen molar-refractivity contribution in [2.75, 3.05) is 7.11 Å². The zero-order valence-corrected chi connectivity index (χ0v) is 13.0. The molecule has 0 N–H and O–H groups in total. The van der Waals surface area contributed by atoms with Crippen LogP contribution in [0, 0.1) is 6.92 Å². The number of ether oxygens (including phenoxy) is 2. The highest BCUT2D eigenvalue weighted by atomic mass is 16.5. The van der Waals surface area contributed by atoms with E-state index in [1.165, 1.54) is 11.1 Å². The Morgan fingerprint density at radius 2 is 1.95 bits per heavy atom.